The SMILES string of the molecule is O=C(NN=Cc1cc([N+](=O)[O-])ccc1OCc1cccc(F)c1)C1CCN(S(=O)(=O)c2ccc(Cl)cc2)CC1. The number of rotatable bonds is 9. The molecule has 1 heterocycles. The molecule has 1 saturated heterocycles. The molecule has 1 aliphatic rings. The highest BCUT2D eigenvalue weighted by molar-refractivity contribution is 7.89. The number of carbonyl (C=O) groups excluding carboxylic acids is 1. The van der Waals surface area contributed by atoms with Crippen molar-refractivity contribution in [3.8, 4) is 5.75 Å². The number of nitrogens with zero attached hydrogens (tertiary/aromatic N) is 3. The average molecular weight is 575 g/mol. The standard InChI is InChI=1S/C26H24ClFN4O6S/c27-21-4-7-24(8-5-21)39(36,37)31-12-10-19(11-13-31)26(33)30-29-16-20-15-23(32(34)35)6-9-25(20)38-17-18-2-1-3-22(28)14-18/h1-9,14-16,19H,10-13,17H2,(H,30,33). The predicted molar refractivity (Wildman–Crippen MR) is 142 cm³/mol. The van der Waals surface area contributed by atoms with Crippen molar-refractivity contribution in [1.29, 1.82) is 0 Å². The molecule has 1 N–H and O–H groups in total. The highest BCUT2D eigenvalue weighted by Crippen LogP contribution is 2.26. The van der Waals surface area contributed by atoms with Crippen LogP contribution in [-0.4, -0.2) is 42.9 Å². The van der Waals surface area contributed by atoms with Crippen LogP contribution in [0, 0.1) is 21.8 Å². The highest BCUT2D eigenvalue weighted by atomic mass is 35.5. The van der Waals surface area contributed by atoms with E-state index in [1.165, 1.54) is 65.1 Å². The summed E-state index contributed by atoms with van der Waals surface area (Å²) in [5.74, 6) is -1.03. The number of sulfonamides is 1. The number of nitrogens with one attached hydrogen (secondary N) is 1. The number of hydrogen-bond donors (Lipinski definition) is 1. The fourth-order valence-electron chi connectivity index (χ4n) is 4.04. The Bertz CT molecular complexity index is 1490. The van der Waals surface area contributed by atoms with E-state index in [9.17, 15) is 27.7 Å². The minimum Gasteiger partial charge on any atom is -0.488 e. The van der Waals surface area contributed by atoms with Crippen LogP contribution in [0.3, 0.4) is 0 Å². The van der Waals surface area contributed by atoms with Gasteiger partial charge in [-0.25, -0.2) is 18.2 Å². The summed E-state index contributed by atoms with van der Waals surface area (Å²) in [6.45, 7) is 0.339. The molecule has 13 heteroatoms. The number of benzene rings is 3. The summed E-state index contributed by atoms with van der Waals surface area (Å²) in [5.41, 5.74) is 3.03. The second-order valence-electron chi connectivity index (χ2n) is 8.76. The summed E-state index contributed by atoms with van der Waals surface area (Å²) in [6, 6.07) is 15.6. The third-order valence-electron chi connectivity index (χ3n) is 6.14. The molecule has 0 unspecified atom stereocenters. The molecule has 0 aliphatic carbocycles. The Morgan fingerprint density at radius 1 is 1.15 bits per heavy atom. The van der Waals surface area contributed by atoms with E-state index in [-0.39, 0.29) is 41.6 Å². The first-order chi connectivity index (χ1) is 18.6. The predicted octanol–water partition coefficient (Wildman–Crippen LogP) is 4.52. The summed E-state index contributed by atoms with van der Waals surface area (Å²) in [7, 11) is -3.70. The molecular formula is C26H24ClFN4O6S. The van der Waals surface area contributed by atoms with E-state index in [0.717, 1.165) is 0 Å². The zero-order valence-electron chi connectivity index (χ0n) is 20.5. The van der Waals surface area contributed by atoms with Crippen molar-refractivity contribution in [2.24, 2.45) is 11.0 Å². The molecule has 0 saturated carbocycles. The van der Waals surface area contributed by atoms with Gasteiger partial charge in [-0.05, 0) is 60.9 Å². The first kappa shape index (κ1) is 28.1. The molecule has 1 fully saturated rings. The van der Waals surface area contributed by atoms with Gasteiger partial charge >= 0.3 is 0 Å². The van der Waals surface area contributed by atoms with Crippen LogP contribution in [-0.2, 0) is 21.4 Å². The van der Waals surface area contributed by atoms with Crippen LogP contribution >= 0.6 is 11.6 Å². The van der Waals surface area contributed by atoms with Crippen LogP contribution in [0.4, 0.5) is 10.1 Å². The Labute approximate surface area is 229 Å². The number of ether oxygens (including phenoxy) is 1. The summed E-state index contributed by atoms with van der Waals surface area (Å²) in [5, 5.41) is 15.6. The topological polar surface area (TPSA) is 131 Å². The van der Waals surface area contributed by atoms with Gasteiger partial charge in [-0.1, -0.05) is 23.7 Å². The number of carbonyl (C=O) groups is 1. The fourth-order valence-corrected chi connectivity index (χ4v) is 5.64. The lowest BCUT2D eigenvalue weighted by Crippen LogP contribution is -2.42. The average Bonchev–Trinajstić information content (AvgIpc) is 2.92. The van der Waals surface area contributed by atoms with Gasteiger partial charge in [-0.15, -0.1) is 0 Å². The Hall–Kier alpha value is -3.87. The first-order valence-corrected chi connectivity index (χ1v) is 13.7. The summed E-state index contributed by atoms with van der Waals surface area (Å²) < 4.78 is 46.2. The molecular weight excluding hydrogens is 551 g/mol. The van der Waals surface area contributed by atoms with E-state index in [0.29, 0.717) is 23.4 Å². The number of nitro groups is 1. The zero-order chi connectivity index (χ0) is 28.0. The van der Waals surface area contributed by atoms with Gasteiger partial charge in [0.25, 0.3) is 5.69 Å². The van der Waals surface area contributed by atoms with Crippen molar-refractivity contribution < 1.29 is 27.3 Å². The number of hydrogen-bond acceptors (Lipinski definition) is 7. The van der Waals surface area contributed by atoms with Crippen molar-refractivity contribution in [3.05, 3.63) is 98.8 Å². The van der Waals surface area contributed by atoms with Crippen LogP contribution < -0.4 is 10.2 Å². The van der Waals surface area contributed by atoms with Crippen LogP contribution in [0.1, 0.15) is 24.0 Å². The molecule has 0 spiro atoms. The third-order valence-corrected chi connectivity index (χ3v) is 8.31. The number of hydrazone groups is 1. The summed E-state index contributed by atoms with van der Waals surface area (Å²) in [4.78, 5) is 23.5. The molecule has 1 amide bonds. The van der Waals surface area contributed by atoms with Gasteiger partial charge in [0.1, 0.15) is 18.2 Å². The van der Waals surface area contributed by atoms with Crippen molar-refractivity contribution in [2.45, 2.75) is 24.3 Å². The van der Waals surface area contributed by atoms with E-state index in [1.807, 2.05) is 0 Å². The van der Waals surface area contributed by atoms with E-state index >= 15 is 0 Å². The molecule has 10 nitrogen and oxygen atoms in total. The lowest BCUT2D eigenvalue weighted by Gasteiger charge is -2.30. The van der Waals surface area contributed by atoms with E-state index < -0.39 is 32.6 Å². The quantitative estimate of drug-likeness (QED) is 0.227. The van der Waals surface area contributed by atoms with Crippen LogP contribution in [0.5, 0.6) is 5.75 Å². The molecule has 1 aliphatic heterocycles. The fraction of sp³-hybridized carbons (Fsp3) is 0.231. The molecule has 204 valence electrons. The molecule has 3 aromatic rings. The number of halogens is 2. The number of nitro benzene ring substituents is 1. The van der Waals surface area contributed by atoms with Gasteiger partial charge in [0.05, 0.1) is 16.0 Å². The van der Waals surface area contributed by atoms with Crippen molar-refractivity contribution >= 4 is 39.4 Å². The Kier molecular flexibility index (Phi) is 8.90. The molecule has 0 radical (unpaired) electrons. The summed E-state index contributed by atoms with van der Waals surface area (Å²) >= 11 is 5.85. The number of amides is 1. The Morgan fingerprint density at radius 3 is 2.54 bits per heavy atom. The van der Waals surface area contributed by atoms with Gasteiger partial charge in [0.15, 0.2) is 0 Å². The molecule has 4 rings (SSSR count). The lowest BCUT2D eigenvalue weighted by atomic mass is 9.98. The van der Waals surface area contributed by atoms with Crippen molar-refractivity contribution in [3.63, 3.8) is 0 Å². The van der Waals surface area contributed by atoms with Crippen LogP contribution in [0.2, 0.25) is 5.02 Å². The van der Waals surface area contributed by atoms with Gasteiger partial charge in [0.2, 0.25) is 15.9 Å². The lowest BCUT2D eigenvalue weighted by molar-refractivity contribution is -0.384. The maximum atomic E-state index is 13.5. The molecule has 3 aromatic carbocycles. The van der Waals surface area contributed by atoms with Gasteiger partial charge in [-0.2, -0.15) is 9.41 Å². The monoisotopic (exact) mass is 574 g/mol. The maximum Gasteiger partial charge on any atom is 0.270 e. The van der Waals surface area contributed by atoms with Crippen LogP contribution in [0.15, 0.2) is 76.7 Å². The van der Waals surface area contributed by atoms with Crippen molar-refractivity contribution in [2.75, 3.05) is 13.1 Å². The number of piperidine rings is 1. The minimum atomic E-state index is -3.70. The van der Waals surface area contributed by atoms with Gasteiger partial charge < -0.3 is 4.74 Å². The second kappa shape index (κ2) is 12.3. The van der Waals surface area contributed by atoms with E-state index in [4.69, 9.17) is 16.3 Å². The Morgan fingerprint density at radius 2 is 1.87 bits per heavy atom. The zero-order valence-corrected chi connectivity index (χ0v) is 22.1. The van der Waals surface area contributed by atoms with Gasteiger partial charge in [0, 0.05) is 41.7 Å². The maximum absolute atomic E-state index is 13.5. The van der Waals surface area contributed by atoms with Crippen LogP contribution in [0.25, 0.3) is 0 Å². The minimum absolute atomic E-state index is 0.0142. The molecule has 0 bridgehead atoms. The third kappa shape index (κ3) is 7.16. The molecule has 0 atom stereocenters. The number of non-ortho nitro benzene ring substituents is 1. The molecule has 0 aromatic heterocycles. The normalized spacial score (nSPS) is 14.8. The Balaban J connectivity index is 1.37. The smallest absolute Gasteiger partial charge is 0.270 e. The molecule has 39 heavy (non-hydrogen) atoms. The van der Waals surface area contributed by atoms with E-state index in [1.54, 1.807) is 12.1 Å². The highest BCUT2D eigenvalue weighted by Gasteiger charge is 2.32. The van der Waals surface area contributed by atoms with Crippen molar-refractivity contribution in [1.82, 2.24) is 9.73 Å². The summed E-state index contributed by atoms with van der Waals surface area (Å²) in [6.07, 6.45) is 1.83. The second-order valence-corrected chi connectivity index (χ2v) is 11.1. The first-order valence-electron chi connectivity index (χ1n) is 11.9. The van der Waals surface area contributed by atoms with Gasteiger partial charge in [-0.3, -0.25) is 14.9 Å². The van der Waals surface area contributed by atoms with E-state index in [2.05, 4.69) is 10.5 Å². The largest absolute Gasteiger partial charge is 0.488 e.